The Morgan fingerprint density at radius 3 is 1.23 bits per heavy atom. The van der Waals surface area contributed by atoms with Crippen LogP contribution in [0, 0.1) is 34.0 Å². The Kier molecular flexibility index (Phi) is 31.9. The molecule has 3 amide bonds. The van der Waals surface area contributed by atoms with Crippen LogP contribution < -0.4 is 35.8 Å². The maximum Gasteiger partial charge on any atom is 0.508 e. The van der Waals surface area contributed by atoms with Crippen LogP contribution in [0.1, 0.15) is 121 Å². The molecule has 0 atom stereocenters. The molecule has 12 aromatic rings. The number of furan rings is 3. The van der Waals surface area contributed by atoms with Crippen molar-refractivity contribution >= 4 is 101 Å². The van der Waals surface area contributed by atoms with Gasteiger partial charge in [0.2, 0.25) is 0 Å². The molecule has 15 heterocycles. The van der Waals surface area contributed by atoms with Crippen molar-refractivity contribution in [2.45, 2.75) is 109 Å². The zero-order valence-corrected chi connectivity index (χ0v) is 75.2. The molecule has 128 heavy (non-hydrogen) atoms. The number of aliphatic hydroxyl groups is 1. The summed E-state index contributed by atoms with van der Waals surface area (Å²) >= 11 is 6.13. The van der Waals surface area contributed by atoms with E-state index < -0.39 is 15.4 Å². The number of carbonyl (C=O) groups excluding carboxylic acids is 3. The minimum Gasteiger partial charge on any atom is -0.494 e. The van der Waals surface area contributed by atoms with Crippen LogP contribution in [0.2, 0.25) is 23.2 Å². The minimum atomic E-state index is -1.91. The van der Waals surface area contributed by atoms with Gasteiger partial charge in [-0.15, -0.1) is 0 Å². The number of nitrogens with zero attached hydrogens (tertiary/aromatic N) is 15. The summed E-state index contributed by atoms with van der Waals surface area (Å²) in [5, 5.41) is 66.5. The van der Waals surface area contributed by atoms with Crippen molar-refractivity contribution in [1.29, 1.82) is 15.8 Å². The molecule has 0 aromatic carbocycles. The van der Waals surface area contributed by atoms with Crippen molar-refractivity contribution in [3.8, 4) is 92.3 Å². The van der Waals surface area contributed by atoms with Gasteiger partial charge in [-0.25, -0.2) is 29.9 Å². The van der Waals surface area contributed by atoms with E-state index in [9.17, 15) is 24.9 Å². The lowest BCUT2D eigenvalue weighted by Gasteiger charge is -2.36. The number of aliphatic hydroxyl groups excluding tert-OH is 1. The highest BCUT2D eigenvalue weighted by Gasteiger charge is 2.37. The molecule has 12 aromatic heterocycles. The van der Waals surface area contributed by atoms with E-state index in [1.54, 1.807) is 104 Å². The summed E-state index contributed by atoms with van der Waals surface area (Å²) in [5.74, 6) is 1.94. The first-order valence-electron chi connectivity index (χ1n) is 41.8. The van der Waals surface area contributed by atoms with E-state index in [1.807, 2.05) is 43.3 Å². The van der Waals surface area contributed by atoms with Gasteiger partial charge in [-0.3, -0.25) is 29.3 Å². The van der Waals surface area contributed by atoms with Crippen LogP contribution in [-0.2, 0) is 18.6 Å². The second-order valence-electron chi connectivity index (χ2n) is 31.9. The number of methoxy groups -OCH3 is 3. The fourth-order valence-electron chi connectivity index (χ4n) is 14.0. The Balaban J connectivity index is 0.000000163. The Bertz CT molecular complexity index is 6050. The lowest BCUT2D eigenvalue weighted by atomic mass is 9.85. The van der Waals surface area contributed by atoms with E-state index in [1.165, 1.54) is 50.9 Å². The zero-order valence-electron chi connectivity index (χ0n) is 73.4. The number of hydrogen-bond acceptors (Lipinski definition) is 31. The summed E-state index contributed by atoms with van der Waals surface area (Å²) in [4.78, 5) is 82.7. The number of fused-ring (bicyclic) bond motifs is 3. The Morgan fingerprint density at radius 2 is 0.875 bits per heavy atom. The van der Waals surface area contributed by atoms with Crippen LogP contribution >= 0.6 is 11.6 Å². The maximum atomic E-state index is 13.3. The normalized spacial score (nSPS) is 13.7. The van der Waals surface area contributed by atoms with E-state index in [0.29, 0.717) is 217 Å². The third kappa shape index (κ3) is 22.8. The molecule has 3 fully saturated rings. The average Bonchev–Trinajstić information content (AvgIpc) is 1.69. The number of nitrogens with one attached hydrogen (secondary N) is 3. The summed E-state index contributed by atoms with van der Waals surface area (Å²) in [6.07, 6.45) is 15.6. The molecule has 6 N–H and O–H groups in total. The van der Waals surface area contributed by atoms with Crippen LogP contribution in [0.5, 0.6) is 17.2 Å². The lowest BCUT2D eigenvalue weighted by Crippen LogP contribution is -2.43. The summed E-state index contributed by atoms with van der Waals surface area (Å²) < 4.78 is 57.3. The molecule has 0 radical (unpaired) electrons. The molecule has 0 unspecified atom stereocenters. The molecule has 3 aliphatic rings. The summed E-state index contributed by atoms with van der Waals surface area (Å²) in [6.45, 7) is 18.9. The molecule has 3 saturated heterocycles. The van der Waals surface area contributed by atoms with Crippen LogP contribution in [0.3, 0.4) is 0 Å². The second kappa shape index (κ2) is 43.4. The van der Waals surface area contributed by atoms with Crippen LogP contribution in [0.4, 0.5) is 17.1 Å². The molecule has 0 aliphatic carbocycles. The van der Waals surface area contributed by atoms with Gasteiger partial charge in [-0.2, -0.15) is 15.8 Å². The van der Waals surface area contributed by atoms with Crippen molar-refractivity contribution in [2.24, 2.45) is 0 Å². The number of hydrogen-bond donors (Lipinski definition) is 6. The quantitative estimate of drug-likeness (QED) is 0.0274. The zero-order chi connectivity index (χ0) is 91.3. The second-order valence-corrected chi connectivity index (χ2v) is 37.2. The van der Waals surface area contributed by atoms with E-state index in [-0.39, 0.29) is 65.3 Å². The van der Waals surface area contributed by atoms with E-state index in [4.69, 9.17) is 78.1 Å². The first kappa shape index (κ1) is 94.1. The molecule has 0 spiro atoms. The van der Waals surface area contributed by atoms with E-state index in [2.05, 4.69) is 107 Å². The number of anilines is 3. The van der Waals surface area contributed by atoms with E-state index >= 15 is 0 Å². The standard InChI is InChI=1S/C34H42N6O5Si.C28H28N6O5.C18H18ClN3O3.C11H14BN3O3/c1-34(2,3)46(6,7)44-17-14-40(4)33(41)22-18-29(42-5)31(37-21-22)30-19-27-32(45-30)24(10-13-36-27)25-8-9-26(28(20-35)39-25)38-23-11-15-43-16-12-23;1-34(9-10-35)28(36)17-13-24(37-2)26(31-16-17)25-14-22-27(39-25)19(5-8-30-22)20-3-4-21(23(15-29)33-20)32-18-6-11-38-12-7-18;1-4-7-22(2)18(23)11-8-14(24-3)16(21-10-11)15-9-13-17(25-15)12(19)5-6-20-13;13-7-10-9(1-2-11(15-10)12(16)17)14-8-3-5-18-6-4-8/h8-10,13,18-19,21,23,38H,11-12,14-17H2,1-7H3;3-5,8,13-14,16,18,32,35H,6-7,9-12H2,1-2H3;5-6,8-10H,4,7H2,1-3H3;1-2,8,14,16-17H,3-6H2. The molecule has 37 heteroatoms. The third-order valence-corrected chi connectivity index (χ3v) is 27.0. The summed E-state index contributed by atoms with van der Waals surface area (Å²) in [5.41, 5.74) is 11.2. The predicted molar refractivity (Wildman–Crippen MR) is 485 cm³/mol. The summed E-state index contributed by atoms with van der Waals surface area (Å²) in [6, 6.07) is 33.1. The van der Waals surface area contributed by atoms with Gasteiger partial charge in [-0.1, -0.05) is 39.3 Å². The predicted octanol–water partition coefficient (Wildman–Crippen LogP) is 13.3. The van der Waals surface area contributed by atoms with Gasteiger partial charge in [0, 0.05) is 165 Å². The Labute approximate surface area is 746 Å². The fraction of sp³-hybridized carbons (Fsp3) is 0.374. The number of carbonyl (C=O) groups is 3. The molecule has 34 nitrogen and oxygen atoms in total. The Hall–Kier alpha value is -13.1. The van der Waals surface area contributed by atoms with Crippen LogP contribution in [0.15, 0.2) is 141 Å². The van der Waals surface area contributed by atoms with Gasteiger partial charge in [-0.05, 0) is 136 Å². The number of nitriles is 3. The van der Waals surface area contributed by atoms with Gasteiger partial charge in [0.25, 0.3) is 17.7 Å². The van der Waals surface area contributed by atoms with Crippen LogP contribution in [-0.4, -0.2) is 241 Å². The Morgan fingerprint density at radius 1 is 0.516 bits per heavy atom. The number of likely N-dealkylation sites (N-methyl/N-ethyl adjacent to an activating group) is 2. The van der Waals surface area contributed by atoms with Gasteiger partial charge in [0.1, 0.15) is 69.1 Å². The van der Waals surface area contributed by atoms with Crippen molar-refractivity contribution < 1.29 is 75.6 Å². The number of aromatic nitrogens is 9. The molecular formula is C91H102BClN18O16Si. The number of ether oxygens (including phenoxy) is 6. The number of rotatable bonds is 26. The SMILES string of the molecule is CCCN(C)C(=O)c1cnc(-c2cc3nccc(Cl)c3o2)c(OC)c1.COc1cc(C(=O)N(C)CCO)cnc1-c1cc2nccc(-c3ccc(NC4CCOCC4)c(C#N)n3)c2o1.COc1cc(C(=O)N(C)CCO[Si](C)(C)C(C)(C)C)cnc1-c1cc2nccc(-c3ccc(NC4CCOCC4)c(C#N)n3)c2o1.N#Cc1nc(B(O)O)ccc1NC1CCOCC1. The first-order chi connectivity index (χ1) is 61.7. The average molecular weight is 1780 g/mol. The molecular weight excluding hydrogens is 1680 g/mol. The highest BCUT2D eigenvalue weighted by Crippen LogP contribution is 2.42. The number of halogens is 1. The minimum absolute atomic E-state index is 0.0732. The fourth-order valence-corrected chi connectivity index (χ4v) is 15.2. The van der Waals surface area contributed by atoms with Crippen molar-refractivity contribution in [1.82, 2.24) is 59.6 Å². The summed E-state index contributed by atoms with van der Waals surface area (Å²) in [7, 11) is 6.09. The molecule has 0 bridgehead atoms. The van der Waals surface area contributed by atoms with Gasteiger partial charge < -0.3 is 91.9 Å². The topological polar surface area (TPSA) is 449 Å². The van der Waals surface area contributed by atoms with Crippen molar-refractivity contribution in [2.75, 3.05) is 131 Å². The van der Waals surface area contributed by atoms with Crippen molar-refractivity contribution in [3.63, 3.8) is 0 Å². The third-order valence-electron chi connectivity index (χ3n) is 22.2. The molecule has 3 aliphatic heterocycles. The van der Waals surface area contributed by atoms with Gasteiger partial charge in [0.15, 0.2) is 59.4 Å². The lowest BCUT2D eigenvalue weighted by molar-refractivity contribution is 0.0761. The highest BCUT2D eigenvalue weighted by molar-refractivity contribution is 6.74. The largest absolute Gasteiger partial charge is 0.508 e. The molecule has 666 valence electrons. The maximum absolute atomic E-state index is 13.3. The monoisotopic (exact) mass is 1780 g/mol. The van der Waals surface area contributed by atoms with E-state index in [0.717, 1.165) is 44.9 Å². The molecule has 15 rings (SSSR count). The number of amides is 3. The molecule has 0 saturated carbocycles. The van der Waals surface area contributed by atoms with Gasteiger partial charge >= 0.3 is 7.12 Å². The van der Waals surface area contributed by atoms with Gasteiger partial charge in [0.05, 0.1) is 90.3 Å². The van der Waals surface area contributed by atoms with Crippen molar-refractivity contribution in [3.05, 3.63) is 167 Å². The number of pyridine rings is 9. The smallest absolute Gasteiger partial charge is 0.494 e. The van der Waals surface area contributed by atoms with Crippen LogP contribution in [0.25, 0.3) is 90.2 Å². The first-order valence-corrected chi connectivity index (χ1v) is 45.1. The highest BCUT2D eigenvalue weighted by atomic mass is 35.5.